The molecule has 2 aromatic rings. The van der Waals surface area contributed by atoms with E-state index in [1.165, 1.54) is 6.08 Å². The van der Waals surface area contributed by atoms with Gasteiger partial charge in [0.05, 0.1) is 0 Å². The lowest BCUT2D eigenvalue weighted by Gasteiger charge is -2.01. The summed E-state index contributed by atoms with van der Waals surface area (Å²) in [6, 6.07) is 12.8. The molecule has 0 aliphatic rings. The molecular weight excluding hydrogens is 238 g/mol. The number of carbonyl (C=O) groups is 1. The highest BCUT2D eigenvalue weighted by molar-refractivity contribution is 6.01. The van der Waals surface area contributed by atoms with Crippen molar-refractivity contribution in [3.05, 3.63) is 59.8 Å². The van der Waals surface area contributed by atoms with Crippen molar-refractivity contribution in [1.82, 2.24) is 4.98 Å². The Hall–Kier alpha value is -2.62. The summed E-state index contributed by atoms with van der Waals surface area (Å²) in [6.07, 6.45) is 3.19. The fraction of sp³-hybridized carbons (Fsp3) is 0.0667. The van der Waals surface area contributed by atoms with Gasteiger partial charge < -0.3 is 11.1 Å². The van der Waals surface area contributed by atoms with Gasteiger partial charge in [0, 0.05) is 17.5 Å². The highest BCUT2D eigenvalue weighted by atomic mass is 16.1. The standard InChI is InChI=1S/C15H15N3O/c1-11-3-2-4-14(17-11)18-15(19)10-7-12-5-8-13(16)9-6-12/h2-10H,16H2,1H3,(H,17,18,19)/b10-7+. The van der Waals surface area contributed by atoms with Crippen molar-refractivity contribution in [2.24, 2.45) is 0 Å². The third-order valence-corrected chi connectivity index (χ3v) is 2.50. The molecule has 4 nitrogen and oxygen atoms in total. The van der Waals surface area contributed by atoms with Crippen LogP contribution in [0, 0.1) is 6.92 Å². The van der Waals surface area contributed by atoms with E-state index in [-0.39, 0.29) is 5.91 Å². The number of aryl methyl sites for hydroxylation is 1. The molecule has 0 fully saturated rings. The molecule has 0 bridgehead atoms. The van der Waals surface area contributed by atoms with E-state index >= 15 is 0 Å². The first-order chi connectivity index (χ1) is 9.13. The summed E-state index contributed by atoms with van der Waals surface area (Å²) in [5, 5.41) is 2.70. The Morgan fingerprint density at radius 2 is 1.95 bits per heavy atom. The number of nitrogens with one attached hydrogen (secondary N) is 1. The maximum Gasteiger partial charge on any atom is 0.249 e. The van der Waals surface area contributed by atoms with E-state index in [0.29, 0.717) is 11.5 Å². The molecule has 0 radical (unpaired) electrons. The van der Waals surface area contributed by atoms with E-state index in [2.05, 4.69) is 10.3 Å². The molecule has 1 aromatic heterocycles. The fourth-order valence-corrected chi connectivity index (χ4v) is 1.56. The molecule has 1 amide bonds. The van der Waals surface area contributed by atoms with E-state index in [1.54, 1.807) is 24.3 Å². The average molecular weight is 253 g/mol. The maximum atomic E-state index is 11.7. The Balaban J connectivity index is 1.99. The number of hydrogen-bond acceptors (Lipinski definition) is 3. The highest BCUT2D eigenvalue weighted by Crippen LogP contribution is 2.08. The first kappa shape index (κ1) is 12.8. The predicted octanol–water partition coefficient (Wildman–Crippen LogP) is 2.62. The van der Waals surface area contributed by atoms with E-state index in [0.717, 1.165) is 11.3 Å². The number of carbonyl (C=O) groups excluding carboxylic acids is 1. The molecule has 2 rings (SSSR count). The van der Waals surface area contributed by atoms with Gasteiger partial charge in [-0.05, 0) is 42.8 Å². The minimum Gasteiger partial charge on any atom is -0.399 e. The third kappa shape index (κ3) is 3.96. The summed E-state index contributed by atoms with van der Waals surface area (Å²) in [5.41, 5.74) is 8.07. The van der Waals surface area contributed by atoms with Gasteiger partial charge in [0.25, 0.3) is 0 Å². The van der Waals surface area contributed by atoms with E-state index in [1.807, 2.05) is 31.2 Å². The van der Waals surface area contributed by atoms with Crippen LogP contribution in [0.2, 0.25) is 0 Å². The lowest BCUT2D eigenvalue weighted by molar-refractivity contribution is -0.111. The van der Waals surface area contributed by atoms with Crippen LogP contribution in [0.15, 0.2) is 48.5 Å². The number of amides is 1. The second-order valence-electron chi connectivity index (χ2n) is 4.15. The Labute approximate surface area is 112 Å². The number of aromatic nitrogens is 1. The fourth-order valence-electron chi connectivity index (χ4n) is 1.56. The van der Waals surface area contributed by atoms with Crippen LogP contribution in [0.25, 0.3) is 6.08 Å². The lowest BCUT2D eigenvalue weighted by atomic mass is 10.2. The number of hydrogen-bond donors (Lipinski definition) is 2. The molecule has 0 aliphatic carbocycles. The van der Waals surface area contributed by atoms with E-state index in [9.17, 15) is 4.79 Å². The van der Waals surface area contributed by atoms with Gasteiger partial charge in [0.2, 0.25) is 5.91 Å². The van der Waals surface area contributed by atoms with Crippen molar-refractivity contribution in [3.8, 4) is 0 Å². The topological polar surface area (TPSA) is 68.0 Å². The zero-order valence-electron chi connectivity index (χ0n) is 10.6. The Morgan fingerprint density at radius 1 is 1.21 bits per heavy atom. The molecule has 19 heavy (non-hydrogen) atoms. The summed E-state index contributed by atoms with van der Waals surface area (Å²) < 4.78 is 0. The molecule has 0 aliphatic heterocycles. The Kier molecular flexibility index (Phi) is 3.93. The number of rotatable bonds is 3. The normalized spacial score (nSPS) is 10.6. The summed E-state index contributed by atoms with van der Waals surface area (Å²) >= 11 is 0. The second-order valence-corrected chi connectivity index (χ2v) is 4.15. The Bertz CT molecular complexity index is 603. The zero-order valence-corrected chi connectivity index (χ0v) is 10.6. The summed E-state index contributed by atoms with van der Waals surface area (Å²) in [4.78, 5) is 15.9. The first-order valence-corrected chi connectivity index (χ1v) is 5.92. The predicted molar refractivity (Wildman–Crippen MR) is 77.5 cm³/mol. The maximum absolute atomic E-state index is 11.7. The van der Waals surface area contributed by atoms with Crippen LogP contribution in [0.5, 0.6) is 0 Å². The van der Waals surface area contributed by atoms with Gasteiger partial charge in [-0.1, -0.05) is 18.2 Å². The van der Waals surface area contributed by atoms with Crippen molar-refractivity contribution in [2.75, 3.05) is 11.1 Å². The van der Waals surface area contributed by atoms with Crippen LogP contribution >= 0.6 is 0 Å². The minimum atomic E-state index is -0.213. The molecule has 0 saturated carbocycles. The number of nitrogens with two attached hydrogens (primary N) is 1. The second kappa shape index (κ2) is 5.82. The largest absolute Gasteiger partial charge is 0.399 e. The van der Waals surface area contributed by atoms with E-state index < -0.39 is 0 Å². The van der Waals surface area contributed by atoms with Gasteiger partial charge in [0.15, 0.2) is 0 Å². The SMILES string of the molecule is Cc1cccc(NC(=O)/C=C/c2ccc(N)cc2)n1. The lowest BCUT2D eigenvalue weighted by Crippen LogP contribution is -2.09. The third-order valence-electron chi connectivity index (χ3n) is 2.50. The van der Waals surface area contributed by atoms with Crippen LogP contribution in [-0.2, 0) is 4.79 Å². The van der Waals surface area contributed by atoms with Crippen LogP contribution in [0.3, 0.4) is 0 Å². The van der Waals surface area contributed by atoms with Crippen molar-refractivity contribution in [3.63, 3.8) is 0 Å². The van der Waals surface area contributed by atoms with Crippen molar-refractivity contribution in [1.29, 1.82) is 0 Å². The molecule has 4 heteroatoms. The van der Waals surface area contributed by atoms with Crippen LogP contribution in [-0.4, -0.2) is 10.9 Å². The summed E-state index contributed by atoms with van der Waals surface area (Å²) in [5.74, 6) is 0.335. The quantitative estimate of drug-likeness (QED) is 0.652. The molecule has 0 spiro atoms. The Morgan fingerprint density at radius 3 is 2.63 bits per heavy atom. The molecule has 0 atom stereocenters. The molecule has 1 heterocycles. The molecule has 0 unspecified atom stereocenters. The summed E-state index contributed by atoms with van der Waals surface area (Å²) in [6.45, 7) is 1.87. The van der Waals surface area contributed by atoms with Crippen molar-refractivity contribution < 1.29 is 4.79 Å². The van der Waals surface area contributed by atoms with Gasteiger partial charge in [0.1, 0.15) is 5.82 Å². The summed E-state index contributed by atoms with van der Waals surface area (Å²) in [7, 11) is 0. The van der Waals surface area contributed by atoms with Gasteiger partial charge in [-0.3, -0.25) is 4.79 Å². The van der Waals surface area contributed by atoms with Crippen LogP contribution in [0.1, 0.15) is 11.3 Å². The first-order valence-electron chi connectivity index (χ1n) is 5.92. The monoisotopic (exact) mass is 253 g/mol. The molecule has 0 saturated heterocycles. The number of nitrogen functional groups attached to an aromatic ring is 1. The highest BCUT2D eigenvalue weighted by Gasteiger charge is 1.98. The van der Waals surface area contributed by atoms with Gasteiger partial charge in [-0.15, -0.1) is 0 Å². The van der Waals surface area contributed by atoms with Crippen molar-refractivity contribution in [2.45, 2.75) is 6.92 Å². The molecular formula is C15H15N3O. The average Bonchev–Trinajstić information content (AvgIpc) is 2.38. The van der Waals surface area contributed by atoms with Crippen LogP contribution in [0.4, 0.5) is 11.5 Å². The molecule has 96 valence electrons. The van der Waals surface area contributed by atoms with Gasteiger partial charge in [-0.25, -0.2) is 4.98 Å². The zero-order chi connectivity index (χ0) is 13.7. The number of nitrogens with zero attached hydrogens (tertiary/aromatic N) is 1. The number of anilines is 2. The molecule has 3 N–H and O–H groups in total. The molecule has 1 aromatic carbocycles. The number of benzene rings is 1. The van der Waals surface area contributed by atoms with Crippen molar-refractivity contribution >= 4 is 23.5 Å². The van der Waals surface area contributed by atoms with E-state index in [4.69, 9.17) is 5.73 Å². The van der Waals surface area contributed by atoms with Crippen LogP contribution < -0.4 is 11.1 Å². The number of pyridine rings is 1. The van der Waals surface area contributed by atoms with Gasteiger partial charge in [-0.2, -0.15) is 0 Å². The minimum absolute atomic E-state index is 0.213. The smallest absolute Gasteiger partial charge is 0.249 e. The van der Waals surface area contributed by atoms with Gasteiger partial charge >= 0.3 is 0 Å².